The van der Waals surface area contributed by atoms with Crippen molar-refractivity contribution in [3.05, 3.63) is 45.8 Å². The second-order valence-electron chi connectivity index (χ2n) is 7.44. The Morgan fingerprint density at radius 3 is 2.62 bits per heavy atom. The maximum absolute atomic E-state index is 13.2. The first-order chi connectivity index (χ1) is 13.9. The molecule has 0 bridgehead atoms. The highest BCUT2D eigenvalue weighted by atomic mass is 32.1. The van der Waals surface area contributed by atoms with Crippen LogP contribution in [0.3, 0.4) is 0 Å². The van der Waals surface area contributed by atoms with Crippen molar-refractivity contribution in [1.29, 1.82) is 0 Å². The number of aryl methyl sites for hydroxylation is 1. The summed E-state index contributed by atoms with van der Waals surface area (Å²) < 4.78 is 0. The molecule has 0 radical (unpaired) electrons. The Kier molecular flexibility index (Phi) is 6.69. The van der Waals surface area contributed by atoms with Crippen LogP contribution in [0, 0.1) is 12.8 Å². The van der Waals surface area contributed by atoms with Crippen LogP contribution in [0.4, 0.5) is 10.7 Å². The van der Waals surface area contributed by atoms with Gasteiger partial charge in [0, 0.05) is 17.0 Å². The Hall–Kier alpha value is -2.67. The number of fused-ring (bicyclic) bond motifs is 1. The molecule has 3 rings (SSSR count). The monoisotopic (exact) mass is 414 g/mol. The first kappa shape index (κ1) is 21.0. The fourth-order valence-electron chi connectivity index (χ4n) is 3.64. The van der Waals surface area contributed by atoms with Crippen LogP contribution in [0.25, 0.3) is 0 Å². The average molecular weight is 415 g/mol. The molecule has 0 aliphatic heterocycles. The van der Waals surface area contributed by atoms with Crippen molar-refractivity contribution in [1.82, 2.24) is 0 Å². The number of carbonyl (C=O) groups excluding carboxylic acids is 2. The van der Waals surface area contributed by atoms with Crippen molar-refractivity contribution >= 4 is 39.8 Å². The third kappa shape index (κ3) is 5.03. The van der Waals surface area contributed by atoms with Crippen molar-refractivity contribution in [3.63, 3.8) is 0 Å². The molecular weight excluding hydrogens is 388 g/mol. The van der Waals surface area contributed by atoms with Gasteiger partial charge in [0.05, 0.1) is 12.0 Å². The Balaban J connectivity index is 1.89. The van der Waals surface area contributed by atoms with Gasteiger partial charge < -0.3 is 15.7 Å². The quantitative estimate of drug-likeness (QED) is 0.616. The van der Waals surface area contributed by atoms with Crippen LogP contribution in [0.1, 0.15) is 59.0 Å². The normalized spacial score (nSPS) is 15.4. The van der Waals surface area contributed by atoms with Crippen LogP contribution in [0.5, 0.6) is 0 Å². The van der Waals surface area contributed by atoms with Gasteiger partial charge >= 0.3 is 5.97 Å². The molecule has 1 aliphatic rings. The number of hydrogen-bond donors (Lipinski definition) is 3. The molecule has 1 atom stereocenters. The van der Waals surface area contributed by atoms with Gasteiger partial charge in [0.15, 0.2) is 0 Å². The number of thiophene rings is 1. The highest BCUT2D eigenvalue weighted by Crippen LogP contribution is 2.41. The predicted molar refractivity (Wildman–Crippen MR) is 115 cm³/mol. The number of amides is 2. The van der Waals surface area contributed by atoms with Crippen molar-refractivity contribution < 1.29 is 19.5 Å². The summed E-state index contributed by atoms with van der Waals surface area (Å²) in [6, 6.07) is 7.56. The van der Waals surface area contributed by atoms with Crippen LogP contribution in [0.2, 0.25) is 0 Å². The molecule has 1 aromatic carbocycles. The molecule has 29 heavy (non-hydrogen) atoms. The zero-order valence-electron chi connectivity index (χ0n) is 16.7. The van der Waals surface area contributed by atoms with E-state index in [2.05, 4.69) is 17.6 Å². The largest absolute Gasteiger partial charge is 0.481 e. The van der Waals surface area contributed by atoms with Gasteiger partial charge in [-0.05, 0) is 49.3 Å². The van der Waals surface area contributed by atoms with Gasteiger partial charge in [-0.25, -0.2) is 0 Å². The van der Waals surface area contributed by atoms with Crippen molar-refractivity contribution in [2.24, 2.45) is 5.92 Å². The number of benzene rings is 1. The zero-order chi connectivity index (χ0) is 21.0. The van der Waals surface area contributed by atoms with E-state index >= 15 is 0 Å². The number of rotatable bonds is 7. The molecule has 1 heterocycles. The van der Waals surface area contributed by atoms with E-state index in [9.17, 15) is 14.4 Å². The number of aliphatic carboxylic acids is 1. The lowest BCUT2D eigenvalue weighted by molar-refractivity contribution is -0.138. The lowest BCUT2D eigenvalue weighted by Gasteiger charge is -2.21. The summed E-state index contributed by atoms with van der Waals surface area (Å²) in [6.45, 7) is 4.10. The predicted octanol–water partition coefficient (Wildman–Crippen LogP) is 4.63. The van der Waals surface area contributed by atoms with Crippen molar-refractivity contribution in [2.45, 2.75) is 52.4 Å². The number of nitrogens with one attached hydrogen (secondary N) is 2. The fraction of sp³-hybridized carbons (Fsp3) is 0.409. The zero-order valence-corrected chi connectivity index (χ0v) is 17.5. The molecule has 6 nitrogen and oxygen atoms in total. The minimum atomic E-state index is -1.02. The van der Waals surface area contributed by atoms with E-state index in [4.69, 9.17) is 5.11 Å². The van der Waals surface area contributed by atoms with E-state index in [0.29, 0.717) is 16.5 Å². The van der Waals surface area contributed by atoms with Gasteiger partial charge in [0.25, 0.3) is 5.91 Å². The standard InChI is InChI=1S/C22H26N2O4S/c1-3-14-8-9-15-17(12-14)29-22(24-18(25)10-11-19(26)27)20(15)21(28)23-16-7-5-4-6-13(16)2/h4-7,14H,3,8-12H2,1-2H3,(H,23,28)(H,24,25)(H,26,27)/t14-/m1/s1. The number of para-hydroxylation sites is 1. The molecule has 0 unspecified atom stereocenters. The molecule has 0 saturated carbocycles. The van der Waals surface area contributed by atoms with E-state index in [0.717, 1.165) is 47.4 Å². The second-order valence-corrected chi connectivity index (χ2v) is 8.54. The summed E-state index contributed by atoms with van der Waals surface area (Å²) >= 11 is 1.45. The Morgan fingerprint density at radius 2 is 1.93 bits per heavy atom. The topological polar surface area (TPSA) is 95.5 Å². The van der Waals surface area contributed by atoms with Gasteiger partial charge in [-0.15, -0.1) is 11.3 Å². The Bertz CT molecular complexity index is 935. The van der Waals surface area contributed by atoms with E-state index in [1.807, 2.05) is 31.2 Å². The van der Waals surface area contributed by atoms with Crippen LogP contribution < -0.4 is 10.6 Å². The van der Waals surface area contributed by atoms with Gasteiger partial charge in [-0.3, -0.25) is 14.4 Å². The summed E-state index contributed by atoms with van der Waals surface area (Å²) in [5, 5.41) is 15.1. The molecule has 1 aliphatic carbocycles. The van der Waals surface area contributed by atoms with Crippen LogP contribution in [-0.2, 0) is 22.4 Å². The molecule has 7 heteroatoms. The summed E-state index contributed by atoms with van der Waals surface area (Å²) in [4.78, 5) is 37.3. The first-order valence-corrected chi connectivity index (χ1v) is 10.7. The van der Waals surface area contributed by atoms with Crippen molar-refractivity contribution in [2.75, 3.05) is 10.6 Å². The van der Waals surface area contributed by atoms with Gasteiger partial charge in [-0.2, -0.15) is 0 Å². The molecule has 3 N–H and O–H groups in total. The second kappa shape index (κ2) is 9.22. The number of anilines is 2. The summed E-state index contributed by atoms with van der Waals surface area (Å²) in [5.74, 6) is -1.05. The van der Waals surface area contributed by atoms with Gasteiger partial charge in [0.2, 0.25) is 5.91 Å². The number of carboxylic acid groups (broad SMARTS) is 1. The SMILES string of the molecule is CC[C@@H]1CCc2c(sc(NC(=O)CCC(=O)O)c2C(=O)Nc2ccccc2C)C1. The van der Waals surface area contributed by atoms with Gasteiger partial charge in [-0.1, -0.05) is 31.5 Å². The van der Waals surface area contributed by atoms with Crippen LogP contribution in [0.15, 0.2) is 24.3 Å². The van der Waals surface area contributed by atoms with E-state index in [1.165, 1.54) is 11.3 Å². The lowest BCUT2D eigenvalue weighted by Crippen LogP contribution is -2.20. The van der Waals surface area contributed by atoms with Gasteiger partial charge in [0.1, 0.15) is 5.00 Å². The summed E-state index contributed by atoms with van der Waals surface area (Å²) in [6.07, 6.45) is 3.48. The molecule has 2 aromatic rings. The molecule has 0 spiro atoms. The Labute approximate surface area is 174 Å². The smallest absolute Gasteiger partial charge is 0.303 e. The molecule has 1 aromatic heterocycles. The summed E-state index contributed by atoms with van der Waals surface area (Å²) in [7, 11) is 0. The fourth-order valence-corrected chi connectivity index (χ4v) is 5.01. The number of carbonyl (C=O) groups is 3. The molecular formula is C22H26N2O4S. The van der Waals surface area contributed by atoms with Crippen molar-refractivity contribution in [3.8, 4) is 0 Å². The third-order valence-corrected chi connectivity index (χ3v) is 6.55. The molecule has 0 fully saturated rings. The minimum absolute atomic E-state index is 0.117. The highest BCUT2D eigenvalue weighted by molar-refractivity contribution is 7.17. The number of hydrogen-bond acceptors (Lipinski definition) is 4. The van der Waals surface area contributed by atoms with E-state index in [-0.39, 0.29) is 24.7 Å². The average Bonchev–Trinajstić information content (AvgIpc) is 3.04. The maximum Gasteiger partial charge on any atom is 0.303 e. The van der Waals surface area contributed by atoms with Crippen LogP contribution in [-0.4, -0.2) is 22.9 Å². The van der Waals surface area contributed by atoms with E-state index < -0.39 is 5.97 Å². The van der Waals surface area contributed by atoms with Crippen LogP contribution >= 0.6 is 11.3 Å². The lowest BCUT2D eigenvalue weighted by atomic mass is 9.85. The van der Waals surface area contributed by atoms with E-state index in [1.54, 1.807) is 0 Å². The highest BCUT2D eigenvalue weighted by Gasteiger charge is 2.29. The molecule has 154 valence electrons. The molecule has 2 amide bonds. The Morgan fingerprint density at radius 1 is 1.17 bits per heavy atom. The number of carboxylic acids is 1. The first-order valence-electron chi connectivity index (χ1n) is 9.92. The summed E-state index contributed by atoms with van der Waals surface area (Å²) in [5.41, 5.74) is 3.23. The maximum atomic E-state index is 13.2. The minimum Gasteiger partial charge on any atom is -0.481 e. The molecule has 0 saturated heterocycles. The third-order valence-electron chi connectivity index (χ3n) is 5.38.